The van der Waals surface area contributed by atoms with Gasteiger partial charge >= 0.3 is 5.97 Å². The first kappa shape index (κ1) is 23.5. The number of benzene rings is 1. The molecule has 4 rings (SSSR count). The van der Waals surface area contributed by atoms with E-state index in [-0.39, 0.29) is 11.9 Å². The number of carbonyl (C=O) groups excluding carboxylic acids is 1. The van der Waals surface area contributed by atoms with Crippen LogP contribution in [0.3, 0.4) is 0 Å². The monoisotopic (exact) mass is 448 g/mol. The van der Waals surface area contributed by atoms with E-state index >= 15 is 0 Å². The molecule has 1 aromatic carbocycles. The van der Waals surface area contributed by atoms with E-state index in [1.165, 1.54) is 33.3 Å². The van der Waals surface area contributed by atoms with E-state index in [0.717, 1.165) is 55.5 Å². The van der Waals surface area contributed by atoms with Crippen LogP contribution in [0.4, 0.5) is 0 Å². The minimum absolute atomic E-state index is 0.0252. The number of quaternary nitrogens is 1. The summed E-state index contributed by atoms with van der Waals surface area (Å²) in [5.41, 5.74) is 7.78. The second kappa shape index (κ2) is 9.68. The maximum atomic E-state index is 12.4. The molecular formula is C28H38N3O2+. The van der Waals surface area contributed by atoms with Crippen molar-refractivity contribution in [2.75, 3.05) is 20.3 Å². The molecule has 33 heavy (non-hydrogen) atoms. The first-order valence-electron chi connectivity index (χ1n) is 12.3. The van der Waals surface area contributed by atoms with Gasteiger partial charge in [-0.2, -0.15) is 0 Å². The van der Waals surface area contributed by atoms with E-state index in [2.05, 4.69) is 60.8 Å². The number of fused-ring (bicyclic) bond motifs is 3. The van der Waals surface area contributed by atoms with Gasteiger partial charge in [-0.05, 0) is 50.5 Å². The van der Waals surface area contributed by atoms with Gasteiger partial charge in [-0.3, -0.25) is 14.3 Å². The van der Waals surface area contributed by atoms with Gasteiger partial charge in [0.2, 0.25) is 6.73 Å². The maximum Gasteiger partial charge on any atom is 0.312 e. The van der Waals surface area contributed by atoms with E-state index in [4.69, 9.17) is 4.74 Å². The quantitative estimate of drug-likeness (QED) is 0.345. The number of likely N-dealkylation sites (N-methyl/N-ethyl adjacent to an activating group) is 1. The van der Waals surface area contributed by atoms with Crippen LogP contribution in [-0.4, -0.2) is 40.3 Å². The lowest BCUT2D eigenvalue weighted by atomic mass is 10.0. The summed E-state index contributed by atoms with van der Waals surface area (Å²) in [6, 6.07) is 11.1. The van der Waals surface area contributed by atoms with Crippen LogP contribution in [-0.2, 0) is 35.5 Å². The normalized spacial score (nSPS) is 18.8. The second-order valence-corrected chi connectivity index (χ2v) is 10.2. The zero-order valence-electron chi connectivity index (χ0n) is 20.9. The van der Waals surface area contributed by atoms with Crippen LogP contribution in [0.5, 0.6) is 0 Å². The highest BCUT2D eigenvalue weighted by molar-refractivity contribution is 5.86. The van der Waals surface area contributed by atoms with Crippen LogP contribution < -0.4 is 0 Å². The molecule has 0 radical (unpaired) electrons. The molecule has 1 aliphatic rings. The summed E-state index contributed by atoms with van der Waals surface area (Å²) in [5, 5.41) is 1.35. The number of ether oxygens (including phenoxy) is 1. The number of aromatic nitrogens is 2. The molecule has 0 bridgehead atoms. The fraction of sp³-hybridized carbons (Fsp3) is 0.500. The van der Waals surface area contributed by atoms with Gasteiger partial charge in [0.15, 0.2) is 0 Å². The Bertz CT molecular complexity index is 1130. The lowest BCUT2D eigenvalue weighted by Crippen LogP contribution is -2.49. The number of hydrogen-bond donors (Lipinski definition) is 0. The lowest BCUT2D eigenvalue weighted by molar-refractivity contribution is -0.940. The van der Waals surface area contributed by atoms with Crippen molar-refractivity contribution in [2.45, 2.75) is 66.5 Å². The van der Waals surface area contributed by atoms with Crippen molar-refractivity contribution in [2.24, 2.45) is 5.92 Å². The van der Waals surface area contributed by atoms with Gasteiger partial charge in [0, 0.05) is 47.0 Å². The molecule has 0 amide bonds. The van der Waals surface area contributed by atoms with Crippen molar-refractivity contribution < 1.29 is 14.0 Å². The number of carbonyl (C=O) groups is 1. The second-order valence-electron chi connectivity index (χ2n) is 10.2. The number of rotatable bonds is 8. The van der Waals surface area contributed by atoms with Crippen LogP contribution in [0.15, 0.2) is 36.5 Å². The smallest absolute Gasteiger partial charge is 0.312 e. The molecule has 176 valence electrons. The molecule has 5 nitrogen and oxygen atoms in total. The highest BCUT2D eigenvalue weighted by Crippen LogP contribution is 2.34. The van der Waals surface area contributed by atoms with Crippen LogP contribution in [0.2, 0.25) is 0 Å². The SMILES string of the molecule is CCCC(C)C(=O)OC[N+]1(C)CCc2c(c3cc(C)ccc3n2CCc2ccc(C)nc2)C1. The molecule has 0 saturated carbocycles. The minimum atomic E-state index is -0.0630. The van der Waals surface area contributed by atoms with Crippen molar-refractivity contribution in [1.82, 2.24) is 9.55 Å². The molecular weight excluding hydrogens is 410 g/mol. The summed E-state index contributed by atoms with van der Waals surface area (Å²) in [5.74, 6) is -0.0882. The maximum absolute atomic E-state index is 12.4. The first-order chi connectivity index (χ1) is 15.8. The van der Waals surface area contributed by atoms with Gasteiger partial charge in [-0.25, -0.2) is 0 Å². The predicted molar refractivity (Wildman–Crippen MR) is 133 cm³/mol. The zero-order valence-corrected chi connectivity index (χ0v) is 20.9. The van der Waals surface area contributed by atoms with Crippen LogP contribution in [0.25, 0.3) is 10.9 Å². The lowest BCUT2D eigenvalue weighted by Gasteiger charge is -2.37. The highest BCUT2D eigenvalue weighted by Gasteiger charge is 2.34. The number of pyridine rings is 1. The summed E-state index contributed by atoms with van der Waals surface area (Å²) >= 11 is 0. The zero-order chi connectivity index (χ0) is 23.6. The number of nitrogens with zero attached hydrogens (tertiary/aromatic N) is 3. The topological polar surface area (TPSA) is 44.1 Å². The Labute approximate surface area is 198 Å². The van der Waals surface area contributed by atoms with Gasteiger partial charge in [0.05, 0.1) is 19.5 Å². The Morgan fingerprint density at radius 1 is 1.24 bits per heavy atom. The average molecular weight is 449 g/mol. The molecule has 0 aliphatic carbocycles. The van der Waals surface area contributed by atoms with Crippen molar-refractivity contribution in [1.29, 1.82) is 0 Å². The van der Waals surface area contributed by atoms with Crippen molar-refractivity contribution >= 4 is 16.9 Å². The molecule has 2 atom stereocenters. The Kier molecular flexibility index (Phi) is 6.89. The van der Waals surface area contributed by atoms with Crippen LogP contribution in [0.1, 0.15) is 54.8 Å². The Balaban J connectivity index is 1.57. The number of aryl methyl sites for hydroxylation is 4. The average Bonchev–Trinajstić information content (AvgIpc) is 3.09. The van der Waals surface area contributed by atoms with E-state index in [9.17, 15) is 4.79 Å². The van der Waals surface area contributed by atoms with E-state index in [1.807, 2.05) is 20.0 Å². The molecule has 0 N–H and O–H groups in total. The third-order valence-corrected chi connectivity index (χ3v) is 7.11. The Hall–Kier alpha value is -2.66. The molecule has 0 fully saturated rings. The Morgan fingerprint density at radius 3 is 2.79 bits per heavy atom. The summed E-state index contributed by atoms with van der Waals surface area (Å²) in [4.78, 5) is 16.9. The standard InChI is InChI=1S/C28H38N3O2/c1-6-7-21(3)28(32)33-19-31(5)15-13-27-25(18-31)24-16-20(2)8-11-26(24)30(27)14-12-23-10-9-22(4)29-17-23/h8-11,16-17,21H,6-7,12-15,18-19H2,1-5H3/q+1. The van der Waals surface area contributed by atoms with Crippen LogP contribution in [0, 0.1) is 19.8 Å². The van der Waals surface area contributed by atoms with Crippen molar-refractivity contribution in [3.8, 4) is 0 Å². The molecule has 0 spiro atoms. The van der Waals surface area contributed by atoms with Gasteiger partial charge in [-0.15, -0.1) is 0 Å². The number of hydrogen-bond acceptors (Lipinski definition) is 3. The molecule has 3 aromatic rings. The van der Waals surface area contributed by atoms with Crippen LogP contribution >= 0.6 is 0 Å². The molecule has 3 heterocycles. The summed E-state index contributed by atoms with van der Waals surface area (Å²) in [7, 11) is 2.22. The summed E-state index contributed by atoms with van der Waals surface area (Å²) in [6.07, 6.45) is 5.85. The van der Waals surface area contributed by atoms with E-state index in [1.54, 1.807) is 0 Å². The first-order valence-corrected chi connectivity index (χ1v) is 12.3. The highest BCUT2D eigenvalue weighted by atomic mass is 16.5. The van der Waals surface area contributed by atoms with Crippen molar-refractivity contribution in [3.63, 3.8) is 0 Å². The molecule has 1 aliphatic heterocycles. The molecule has 2 aromatic heterocycles. The number of esters is 1. The van der Waals surface area contributed by atoms with Gasteiger partial charge in [0.1, 0.15) is 6.54 Å². The Morgan fingerprint density at radius 2 is 2.06 bits per heavy atom. The fourth-order valence-electron chi connectivity index (χ4n) is 5.05. The minimum Gasteiger partial charge on any atom is -0.415 e. The van der Waals surface area contributed by atoms with E-state index in [0.29, 0.717) is 6.73 Å². The van der Waals surface area contributed by atoms with Gasteiger partial charge in [-0.1, -0.05) is 38.0 Å². The predicted octanol–water partition coefficient (Wildman–Crippen LogP) is 5.34. The van der Waals surface area contributed by atoms with Crippen molar-refractivity contribution in [3.05, 3.63) is 64.6 Å². The third-order valence-electron chi connectivity index (χ3n) is 7.11. The van der Waals surface area contributed by atoms with E-state index < -0.39 is 0 Å². The largest absolute Gasteiger partial charge is 0.415 e. The molecule has 2 unspecified atom stereocenters. The fourth-order valence-corrected chi connectivity index (χ4v) is 5.05. The molecule has 0 saturated heterocycles. The van der Waals surface area contributed by atoms with Gasteiger partial charge in [0.25, 0.3) is 0 Å². The summed E-state index contributed by atoms with van der Waals surface area (Å²) in [6.45, 7) is 11.5. The third kappa shape index (κ3) is 5.14. The molecule has 5 heteroatoms. The van der Waals surface area contributed by atoms with Gasteiger partial charge < -0.3 is 9.30 Å². The summed E-state index contributed by atoms with van der Waals surface area (Å²) < 4.78 is 9.05.